The van der Waals surface area contributed by atoms with Crippen LogP contribution in [0.2, 0.25) is 0 Å². The Morgan fingerprint density at radius 2 is 1.00 bits per heavy atom. The highest BCUT2D eigenvalue weighted by atomic mass is 16.5. The van der Waals surface area contributed by atoms with E-state index >= 15 is 19.2 Å². The summed E-state index contributed by atoms with van der Waals surface area (Å²) < 4.78 is 23.7. The third kappa shape index (κ3) is 12.6. The van der Waals surface area contributed by atoms with Crippen molar-refractivity contribution in [2.75, 3.05) is 7.11 Å². The van der Waals surface area contributed by atoms with E-state index in [2.05, 4.69) is 37.2 Å². The zero-order chi connectivity index (χ0) is 67.3. The SMILES string of the molecule is COC(=O)[C@H]1NC(=O)[C@H]2NC(=O)[C@H](NC(=O)[C@@H]3NC(=O)[C@H]4NC(=O)[C@H](NC(=O)[C@@H](NC(=O)C(O)CC(C)C)c5ccc(O)c(c5)Oc5cc4cc(O)c5C)[C@H](O)c4ccc(cc4)Oc4cc3cc(c4O)Oc3ccc(cc3)[C@H]2O)c2ccc(O)c(c2)-c2c(O)cc(O)cc21. The highest BCUT2D eigenvalue weighted by molar-refractivity contribution is 6.00. The van der Waals surface area contributed by atoms with Gasteiger partial charge in [0, 0.05) is 28.3 Å². The van der Waals surface area contributed by atoms with Crippen LogP contribution in [-0.2, 0) is 43.1 Å². The van der Waals surface area contributed by atoms with E-state index in [4.69, 9.17) is 18.9 Å². The van der Waals surface area contributed by atoms with Crippen LogP contribution in [-0.4, -0.2) is 119 Å². The van der Waals surface area contributed by atoms with Gasteiger partial charge in [0.25, 0.3) is 0 Å². The van der Waals surface area contributed by atoms with Crippen molar-refractivity contribution in [2.45, 2.75) is 87.8 Å². The van der Waals surface area contributed by atoms with Gasteiger partial charge in [0.1, 0.15) is 94.8 Å². The maximum atomic E-state index is 15.8. The van der Waals surface area contributed by atoms with E-state index in [9.17, 15) is 65.1 Å². The molecular weight excluding hydrogens is 1230 g/mol. The van der Waals surface area contributed by atoms with Gasteiger partial charge >= 0.3 is 5.97 Å². The fourth-order valence-electron chi connectivity index (χ4n) is 11.3. The van der Waals surface area contributed by atoms with Gasteiger partial charge in [-0.1, -0.05) is 50.2 Å². The van der Waals surface area contributed by atoms with E-state index in [1.54, 1.807) is 13.8 Å². The molecule has 94 heavy (non-hydrogen) atoms. The zero-order valence-electron chi connectivity index (χ0n) is 50.0. The van der Waals surface area contributed by atoms with Crippen molar-refractivity contribution in [2.24, 2.45) is 5.92 Å². The van der Waals surface area contributed by atoms with Crippen LogP contribution < -0.4 is 51.4 Å². The highest BCUT2D eigenvalue weighted by Gasteiger charge is 2.43. The van der Waals surface area contributed by atoms with Crippen LogP contribution in [0.4, 0.5) is 0 Å². The second-order valence-corrected chi connectivity index (χ2v) is 23.1. The smallest absolute Gasteiger partial charge is 0.333 e. The van der Waals surface area contributed by atoms with Gasteiger partial charge < -0.3 is 102 Å². The number of carbonyl (C=O) groups is 8. The number of amides is 7. The molecule has 10 atom stereocenters. The summed E-state index contributed by atoms with van der Waals surface area (Å²) in [6.45, 7) is 4.86. The van der Waals surface area contributed by atoms with Crippen molar-refractivity contribution >= 4 is 47.3 Å². The second kappa shape index (κ2) is 25.6. The molecule has 13 rings (SSSR count). The Labute approximate surface area is 532 Å². The number of fused-ring (bicyclic) bond motifs is 14. The number of ether oxygens (including phenoxy) is 4. The fourth-order valence-corrected chi connectivity index (χ4v) is 11.3. The molecule has 17 bridgehead atoms. The number of benzene rings is 7. The van der Waals surface area contributed by atoms with Crippen molar-refractivity contribution < 1.29 is 103 Å². The van der Waals surface area contributed by atoms with Crippen molar-refractivity contribution in [1.82, 2.24) is 37.2 Å². The van der Waals surface area contributed by atoms with Crippen LogP contribution in [0.1, 0.15) is 107 Å². The molecule has 6 heterocycles. The van der Waals surface area contributed by atoms with Gasteiger partial charge in [-0.3, -0.25) is 33.6 Å². The number of hydrogen-bond acceptors (Lipinski definition) is 21. The molecule has 0 spiro atoms. The van der Waals surface area contributed by atoms with Crippen LogP contribution in [0.5, 0.6) is 69.0 Å². The van der Waals surface area contributed by atoms with E-state index < -0.39 is 159 Å². The largest absolute Gasteiger partial charge is 0.508 e. The van der Waals surface area contributed by atoms with Crippen LogP contribution in [0.25, 0.3) is 11.1 Å². The average molecular weight is 1290 g/mol. The van der Waals surface area contributed by atoms with Crippen molar-refractivity contribution in [3.63, 3.8) is 0 Å². The van der Waals surface area contributed by atoms with Crippen LogP contribution in [0.15, 0.2) is 121 Å². The van der Waals surface area contributed by atoms with Crippen LogP contribution in [0.3, 0.4) is 0 Å². The molecule has 1 unspecified atom stereocenters. The number of hydrogen-bond donors (Lipinski definition) is 16. The number of aliphatic hydroxyl groups excluding tert-OH is 3. The summed E-state index contributed by atoms with van der Waals surface area (Å²) in [6.07, 6.45) is -5.79. The van der Waals surface area contributed by atoms with E-state index in [1.807, 2.05) is 0 Å². The first-order chi connectivity index (χ1) is 44.7. The summed E-state index contributed by atoms with van der Waals surface area (Å²) in [7, 11) is 0.967. The Bertz CT molecular complexity index is 4260. The molecule has 7 amide bonds. The Hall–Kier alpha value is -11.6. The zero-order valence-corrected chi connectivity index (χ0v) is 50.0. The minimum atomic E-state index is -2.19. The van der Waals surface area contributed by atoms with Gasteiger partial charge in [0.15, 0.2) is 29.0 Å². The summed E-state index contributed by atoms with van der Waals surface area (Å²) in [5, 5.41) is 122. The Balaban J connectivity index is 1.12. The molecule has 0 saturated carbocycles. The minimum Gasteiger partial charge on any atom is -0.508 e. The van der Waals surface area contributed by atoms with Crippen LogP contribution >= 0.6 is 0 Å². The lowest BCUT2D eigenvalue weighted by atomic mass is 9.89. The highest BCUT2D eigenvalue weighted by Crippen LogP contribution is 2.47. The van der Waals surface area contributed by atoms with Crippen molar-refractivity contribution in [1.29, 1.82) is 0 Å². The molecule has 0 fully saturated rings. The molecular formula is C66H61N7O21. The molecule has 0 aliphatic carbocycles. The molecule has 6 aliphatic heterocycles. The van der Waals surface area contributed by atoms with E-state index in [1.165, 1.54) is 67.6 Å². The Morgan fingerprint density at radius 1 is 0.511 bits per heavy atom. The summed E-state index contributed by atoms with van der Waals surface area (Å²) in [4.78, 5) is 119. The number of nitrogens with one attached hydrogen (secondary N) is 7. The molecule has 6 aliphatic rings. The van der Waals surface area contributed by atoms with Gasteiger partial charge in [-0.2, -0.15) is 0 Å². The molecule has 0 radical (unpaired) electrons. The predicted octanol–water partition coefficient (Wildman–Crippen LogP) is 4.13. The monoisotopic (exact) mass is 1290 g/mol. The number of esters is 1. The number of aliphatic hydroxyl groups is 3. The van der Waals surface area contributed by atoms with Gasteiger partial charge in [-0.25, -0.2) is 4.79 Å². The number of rotatable bonds is 5. The first kappa shape index (κ1) is 63.9. The van der Waals surface area contributed by atoms with Gasteiger partial charge in [0.2, 0.25) is 47.1 Å². The molecule has 7 aromatic carbocycles. The molecule has 0 saturated heterocycles. The maximum absolute atomic E-state index is 15.8. The first-order valence-electron chi connectivity index (χ1n) is 29.2. The van der Waals surface area contributed by atoms with E-state index in [0.717, 1.165) is 67.8 Å². The Kier molecular flexibility index (Phi) is 17.4. The van der Waals surface area contributed by atoms with Gasteiger partial charge in [-0.05, 0) is 132 Å². The number of methoxy groups -OCH3 is 1. The molecule has 28 heteroatoms. The first-order valence-corrected chi connectivity index (χ1v) is 29.2. The summed E-state index contributed by atoms with van der Waals surface area (Å²) in [5.41, 5.74) is -2.26. The molecule has 7 aromatic rings. The molecule has 16 N–H and O–H groups in total. The normalized spacial score (nSPS) is 22.1. The number of carbonyl (C=O) groups excluding carboxylic acids is 8. The lowest BCUT2D eigenvalue weighted by Crippen LogP contribution is -2.56. The van der Waals surface area contributed by atoms with Crippen LogP contribution in [0, 0.1) is 12.8 Å². The lowest BCUT2D eigenvalue weighted by Gasteiger charge is -2.31. The standard InChI is InChI=1S/C66H61N7O21/c1-26(2)17-43(79)59(83)67-50-31-10-16-40(76)45(20-31)94-44-21-32(19-41(77)27(44)3)51-62(86)69-52-33-22-46(92-35-11-5-28(6-12-35)56(80)54(64(88)70-51)72-61(50)85)58(82)47(23-33)93-36-13-7-29(8-14-36)57(81)55-65(89)71-53(66(90)91-4)38-24-34(74)25-42(78)48(38)37-18-30(9-15-39(37)75)49(60(84)73-55)68-63(52)87/h5-16,18-26,43,49-57,74-82H,17H2,1-4H3,(H,67,83)(H,68,87)(H,69,86)(H,70,88)(H,71,89)(H,72,85)(H,73,84)/t43?,49-,50+,51+,52-,53+,54-,55+,56-,57-/m1/s1. The van der Waals surface area contributed by atoms with Crippen molar-refractivity contribution in [3.05, 3.63) is 166 Å². The summed E-state index contributed by atoms with van der Waals surface area (Å²) >= 11 is 0. The van der Waals surface area contributed by atoms with E-state index in [0.29, 0.717) is 0 Å². The average Bonchev–Trinajstić information content (AvgIpc) is 0.775. The van der Waals surface area contributed by atoms with Crippen molar-refractivity contribution in [3.8, 4) is 80.1 Å². The number of phenolic OH excluding ortho intramolecular Hbond substituents is 6. The molecule has 0 aromatic heterocycles. The fraction of sp³-hybridized carbons (Fsp3) is 0.242. The van der Waals surface area contributed by atoms with Gasteiger partial charge in [0.05, 0.1) is 7.11 Å². The summed E-state index contributed by atoms with van der Waals surface area (Å²) in [5.74, 6) is -15.8. The number of aromatic hydroxyl groups is 6. The number of phenols is 6. The maximum Gasteiger partial charge on any atom is 0.333 e. The predicted molar refractivity (Wildman–Crippen MR) is 325 cm³/mol. The molecule has 486 valence electrons. The third-order valence-corrected chi connectivity index (χ3v) is 16.3. The van der Waals surface area contributed by atoms with Gasteiger partial charge in [-0.15, -0.1) is 0 Å². The lowest BCUT2D eigenvalue weighted by molar-refractivity contribution is -0.146. The molecule has 28 nitrogen and oxygen atoms in total. The quantitative estimate of drug-likeness (QED) is 0.108. The third-order valence-electron chi connectivity index (χ3n) is 16.3. The van der Waals surface area contributed by atoms with E-state index in [-0.39, 0.29) is 85.4 Å². The summed E-state index contributed by atoms with van der Waals surface area (Å²) in [6, 6.07) is 8.89. The Morgan fingerprint density at radius 3 is 1.59 bits per heavy atom. The second-order valence-electron chi connectivity index (χ2n) is 23.1. The minimum absolute atomic E-state index is 0.0208. The topological polar surface area (TPSA) is 440 Å².